The molecule has 0 saturated carbocycles. The fourth-order valence-electron chi connectivity index (χ4n) is 1.91. The van der Waals surface area contributed by atoms with Crippen LogP contribution in [0.25, 0.3) is 6.08 Å². The van der Waals surface area contributed by atoms with Crippen LogP contribution in [0.4, 0.5) is 10.1 Å². The van der Waals surface area contributed by atoms with Crippen molar-refractivity contribution in [2.75, 3.05) is 11.9 Å². The molecular weight excluding hydrogens is 265 g/mol. The van der Waals surface area contributed by atoms with Gasteiger partial charge in [-0.05, 0) is 37.1 Å². The summed E-state index contributed by atoms with van der Waals surface area (Å²) < 4.78 is 18.9. The molecule has 20 heavy (non-hydrogen) atoms. The molecule has 0 bridgehead atoms. The summed E-state index contributed by atoms with van der Waals surface area (Å²) in [6.45, 7) is 0.561. The van der Waals surface area contributed by atoms with Crippen LogP contribution in [0, 0.1) is 5.82 Å². The van der Waals surface area contributed by atoms with Gasteiger partial charge < -0.3 is 15.2 Å². The van der Waals surface area contributed by atoms with E-state index in [0.29, 0.717) is 18.7 Å². The van der Waals surface area contributed by atoms with E-state index < -0.39 is 17.9 Å². The summed E-state index contributed by atoms with van der Waals surface area (Å²) in [6, 6.07) is 4.06. The van der Waals surface area contributed by atoms with Crippen molar-refractivity contribution in [3.63, 3.8) is 0 Å². The third kappa shape index (κ3) is 3.64. The predicted molar refractivity (Wildman–Crippen MR) is 70.7 cm³/mol. The zero-order chi connectivity index (χ0) is 14.5. The molecule has 1 heterocycles. The number of carbonyl (C=O) groups is 2. The second-order valence-corrected chi connectivity index (χ2v) is 4.40. The average molecular weight is 279 g/mol. The Morgan fingerprint density at radius 1 is 1.45 bits per heavy atom. The summed E-state index contributed by atoms with van der Waals surface area (Å²) in [4.78, 5) is 22.1. The first-order valence-electron chi connectivity index (χ1n) is 6.19. The van der Waals surface area contributed by atoms with E-state index in [0.717, 1.165) is 24.6 Å². The fourth-order valence-corrected chi connectivity index (χ4v) is 1.91. The monoisotopic (exact) mass is 279 g/mol. The van der Waals surface area contributed by atoms with E-state index in [1.807, 2.05) is 0 Å². The Bertz CT molecular complexity index is 550. The molecule has 1 aliphatic rings. The van der Waals surface area contributed by atoms with Crippen LogP contribution in [0.3, 0.4) is 0 Å². The molecule has 2 N–H and O–H groups in total. The molecule has 0 aliphatic carbocycles. The van der Waals surface area contributed by atoms with Gasteiger partial charge in [0, 0.05) is 23.9 Å². The van der Waals surface area contributed by atoms with Crippen LogP contribution in [0.5, 0.6) is 0 Å². The minimum atomic E-state index is -1.15. The highest BCUT2D eigenvalue weighted by Crippen LogP contribution is 2.18. The Hall–Kier alpha value is -2.21. The van der Waals surface area contributed by atoms with Crippen molar-refractivity contribution < 1.29 is 23.8 Å². The van der Waals surface area contributed by atoms with E-state index in [2.05, 4.69) is 5.32 Å². The lowest BCUT2D eigenvalue weighted by molar-refractivity contribution is -0.131. The van der Waals surface area contributed by atoms with Crippen molar-refractivity contribution in [3.05, 3.63) is 35.7 Å². The topological polar surface area (TPSA) is 75.6 Å². The molecule has 1 saturated heterocycles. The Balaban J connectivity index is 2.04. The van der Waals surface area contributed by atoms with Gasteiger partial charge in [0.25, 0.3) is 5.91 Å². The smallest absolute Gasteiger partial charge is 0.328 e. The maximum Gasteiger partial charge on any atom is 0.328 e. The maximum atomic E-state index is 13.7. The number of aliphatic carboxylic acids is 1. The number of carboxylic acids is 1. The van der Waals surface area contributed by atoms with Crippen molar-refractivity contribution in [1.29, 1.82) is 0 Å². The number of anilines is 1. The molecular formula is C14H14FNO4. The van der Waals surface area contributed by atoms with Crippen LogP contribution in [-0.2, 0) is 14.3 Å². The lowest BCUT2D eigenvalue weighted by Gasteiger charge is -2.10. The summed E-state index contributed by atoms with van der Waals surface area (Å²) in [5, 5.41) is 11.1. The molecule has 1 unspecified atom stereocenters. The number of amides is 1. The van der Waals surface area contributed by atoms with Gasteiger partial charge in [-0.2, -0.15) is 0 Å². The number of halogens is 1. The van der Waals surface area contributed by atoms with Crippen LogP contribution < -0.4 is 5.32 Å². The van der Waals surface area contributed by atoms with Crippen LogP contribution in [0.15, 0.2) is 24.3 Å². The van der Waals surface area contributed by atoms with E-state index in [1.165, 1.54) is 12.1 Å². The molecule has 1 fully saturated rings. The first-order valence-corrected chi connectivity index (χ1v) is 6.19. The molecule has 0 radical (unpaired) electrons. The van der Waals surface area contributed by atoms with Crippen LogP contribution >= 0.6 is 0 Å². The quantitative estimate of drug-likeness (QED) is 0.827. The number of nitrogens with one attached hydrogen (secondary N) is 1. The first-order chi connectivity index (χ1) is 9.56. The van der Waals surface area contributed by atoms with Crippen molar-refractivity contribution in [2.45, 2.75) is 18.9 Å². The van der Waals surface area contributed by atoms with Gasteiger partial charge in [0.1, 0.15) is 11.9 Å². The standard InChI is InChI=1S/C14H14FNO4/c15-11-8-10(5-3-9(11)4-6-13(17)18)16-14(19)12-2-1-7-20-12/h3-6,8,12H,1-2,7H2,(H,16,19)(H,17,18). The molecule has 1 aromatic rings. The van der Waals surface area contributed by atoms with Crippen LogP contribution in [-0.4, -0.2) is 29.7 Å². The zero-order valence-electron chi connectivity index (χ0n) is 10.6. The van der Waals surface area contributed by atoms with Crippen LogP contribution in [0.1, 0.15) is 18.4 Å². The number of carboxylic acid groups (broad SMARTS) is 1. The van der Waals surface area contributed by atoms with Gasteiger partial charge in [-0.15, -0.1) is 0 Å². The van der Waals surface area contributed by atoms with Crippen molar-refractivity contribution in [3.8, 4) is 0 Å². The SMILES string of the molecule is O=C(O)C=Cc1ccc(NC(=O)C2CCCO2)cc1F. The van der Waals surface area contributed by atoms with Crippen molar-refractivity contribution in [2.24, 2.45) is 0 Å². The molecule has 0 aromatic heterocycles. The Morgan fingerprint density at radius 2 is 2.25 bits per heavy atom. The van der Waals surface area contributed by atoms with E-state index in [9.17, 15) is 14.0 Å². The molecule has 1 aromatic carbocycles. The molecule has 1 aliphatic heterocycles. The lowest BCUT2D eigenvalue weighted by Crippen LogP contribution is -2.26. The normalized spacial score (nSPS) is 18.4. The summed E-state index contributed by atoms with van der Waals surface area (Å²) in [5.74, 6) is -2.05. The molecule has 6 heteroatoms. The van der Waals surface area contributed by atoms with Gasteiger partial charge in [0.15, 0.2) is 0 Å². The van der Waals surface area contributed by atoms with E-state index in [1.54, 1.807) is 0 Å². The maximum absolute atomic E-state index is 13.7. The third-order valence-electron chi connectivity index (χ3n) is 2.90. The molecule has 1 atom stereocenters. The van der Waals surface area contributed by atoms with Gasteiger partial charge in [0.05, 0.1) is 0 Å². The molecule has 106 valence electrons. The largest absolute Gasteiger partial charge is 0.478 e. The second kappa shape index (κ2) is 6.29. The summed E-state index contributed by atoms with van der Waals surface area (Å²) in [6.07, 6.45) is 3.02. The van der Waals surface area contributed by atoms with Gasteiger partial charge >= 0.3 is 5.97 Å². The summed E-state index contributed by atoms with van der Waals surface area (Å²) in [7, 11) is 0. The first kappa shape index (κ1) is 14.2. The van der Waals surface area contributed by atoms with Gasteiger partial charge in [-0.25, -0.2) is 9.18 Å². The highest BCUT2D eigenvalue weighted by molar-refractivity contribution is 5.94. The van der Waals surface area contributed by atoms with Gasteiger partial charge in [-0.3, -0.25) is 4.79 Å². The Kier molecular flexibility index (Phi) is 4.47. The third-order valence-corrected chi connectivity index (χ3v) is 2.90. The Labute approximate surface area is 115 Å². The van der Waals surface area contributed by atoms with Gasteiger partial charge in [-0.1, -0.05) is 0 Å². The average Bonchev–Trinajstić information content (AvgIpc) is 2.91. The molecule has 0 spiro atoms. The van der Waals surface area contributed by atoms with E-state index in [-0.39, 0.29) is 11.5 Å². The highest BCUT2D eigenvalue weighted by atomic mass is 19.1. The van der Waals surface area contributed by atoms with Gasteiger partial charge in [0.2, 0.25) is 0 Å². The predicted octanol–water partition coefficient (Wildman–Crippen LogP) is 2.04. The number of rotatable bonds is 4. The number of benzene rings is 1. The summed E-state index contributed by atoms with van der Waals surface area (Å²) >= 11 is 0. The highest BCUT2D eigenvalue weighted by Gasteiger charge is 2.23. The van der Waals surface area contributed by atoms with Crippen molar-refractivity contribution >= 4 is 23.6 Å². The number of hydrogen-bond donors (Lipinski definition) is 2. The minimum absolute atomic E-state index is 0.141. The van der Waals surface area contributed by atoms with E-state index >= 15 is 0 Å². The van der Waals surface area contributed by atoms with E-state index in [4.69, 9.17) is 9.84 Å². The second-order valence-electron chi connectivity index (χ2n) is 4.40. The van der Waals surface area contributed by atoms with Crippen LogP contribution in [0.2, 0.25) is 0 Å². The minimum Gasteiger partial charge on any atom is -0.478 e. The summed E-state index contributed by atoms with van der Waals surface area (Å²) in [5.41, 5.74) is 0.456. The molecule has 5 nitrogen and oxygen atoms in total. The number of carbonyl (C=O) groups excluding carboxylic acids is 1. The molecule has 2 rings (SSSR count). The van der Waals surface area contributed by atoms with Crippen molar-refractivity contribution in [1.82, 2.24) is 0 Å². The number of hydrogen-bond acceptors (Lipinski definition) is 3. The molecule has 1 amide bonds. The zero-order valence-corrected chi connectivity index (χ0v) is 10.6. The fraction of sp³-hybridized carbons (Fsp3) is 0.286. The Morgan fingerprint density at radius 3 is 2.85 bits per heavy atom. The number of ether oxygens (including phenoxy) is 1. The lowest BCUT2D eigenvalue weighted by atomic mass is 10.1.